The van der Waals surface area contributed by atoms with Gasteiger partial charge in [-0.15, -0.1) is 0 Å². The van der Waals surface area contributed by atoms with Gasteiger partial charge in [-0.25, -0.2) is 14.4 Å². The molecule has 0 aliphatic carbocycles. The Morgan fingerprint density at radius 3 is 1.85 bits per heavy atom. The highest BCUT2D eigenvalue weighted by molar-refractivity contribution is 6.09. The summed E-state index contributed by atoms with van der Waals surface area (Å²) in [6.45, 7) is 6.16. The van der Waals surface area contributed by atoms with Crippen LogP contribution in [0, 0.1) is 0 Å². The zero-order chi connectivity index (χ0) is 20.4. The number of hydrogen-bond acceptors (Lipinski definition) is 4. The van der Waals surface area contributed by atoms with E-state index in [0.29, 0.717) is 19.3 Å². The molecule has 0 radical (unpaired) electrons. The highest BCUT2D eigenvalue weighted by Crippen LogP contribution is 2.32. The van der Waals surface area contributed by atoms with Crippen molar-refractivity contribution in [1.82, 2.24) is 0 Å². The van der Waals surface area contributed by atoms with E-state index in [2.05, 4.69) is 13.8 Å². The molecular formula is C21H30O6. The second-order valence-electron chi connectivity index (χ2n) is 6.87. The molecule has 0 saturated carbocycles. The number of hydrogen-bond donors (Lipinski definition) is 2. The Morgan fingerprint density at radius 2 is 1.41 bits per heavy atom. The highest BCUT2D eigenvalue weighted by Gasteiger charge is 2.34. The molecule has 1 rings (SSSR count). The standard InChI is InChI=1S/C21H30O6/c1-4-7-13-21(12-6-3,14-8-5-2)27-20(26)16-11-9-10-15(18(22)23)17(16)19(24)25/h9-11H,4-8,12-14H2,1-3H3,(H,22,23)(H,24,25). The monoisotopic (exact) mass is 378 g/mol. The number of ether oxygens (including phenoxy) is 1. The van der Waals surface area contributed by atoms with Crippen LogP contribution in [0.15, 0.2) is 18.2 Å². The normalized spacial score (nSPS) is 11.2. The number of carbonyl (C=O) groups excluding carboxylic acids is 1. The Balaban J connectivity index is 3.30. The smallest absolute Gasteiger partial charge is 0.339 e. The number of carbonyl (C=O) groups is 3. The third-order valence-corrected chi connectivity index (χ3v) is 4.72. The lowest BCUT2D eigenvalue weighted by Crippen LogP contribution is -2.36. The van der Waals surface area contributed by atoms with Gasteiger partial charge >= 0.3 is 17.9 Å². The Bertz CT molecular complexity index is 657. The van der Waals surface area contributed by atoms with Gasteiger partial charge in [0, 0.05) is 0 Å². The van der Waals surface area contributed by atoms with Crippen LogP contribution in [-0.2, 0) is 4.74 Å². The van der Waals surface area contributed by atoms with Crippen molar-refractivity contribution in [3.05, 3.63) is 34.9 Å². The fourth-order valence-corrected chi connectivity index (χ4v) is 3.36. The number of rotatable bonds is 12. The van der Waals surface area contributed by atoms with Crippen LogP contribution in [0.1, 0.15) is 103 Å². The number of esters is 1. The molecule has 150 valence electrons. The summed E-state index contributed by atoms with van der Waals surface area (Å²) in [5, 5.41) is 18.7. The average Bonchev–Trinajstić information content (AvgIpc) is 2.64. The van der Waals surface area contributed by atoms with E-state index in [9.17, 15) is 24.6 Å². The van der Waals surface area contributed by atoms with Gasteiger partial charge in [0.05, 0.1) is 16.7 Å². The van der Waals surface area contributed by atoms with E-state index in [1.807, 2.05) is 6.92 Å². The Labute approximate surface area is 160 Å². The molecule has 0 aromatic heterocycles. The van der Waals surface area contributed by atoms with E-state index < -0.39 is 34.6 Å². The van der Waals surface area contributed by atoms with Crippen LogP contribution < -0.4 is 0 Å². The molecule has 0 spiro atoms. The molecule has 0 atom stereocenters. The van der Waals surface area contributed by atoms with Crippen LogP contribution in [0.2, 0.25) is 0 Å². The van der Waals surface area contributed by atoms with Gasteiger partial charge in [-0.2, -0.15) is 0 Å². The van der Waals surface area contributed by atoms with E-state index in [-0.39, 0.29) is 5.56 Å². The van der Waals surface area contributed by atoms with Crippen molar-refractivity contribution in [3.63, 3.8) is 0 Å². The van der Waals surface area contributed by atoms with Gasteiger partial charge in [0.2, 0.25) is 0 Å². The molecule has 0 heterocycles. The fraction of sp³-hybridized carbons (Fsp3) is 0.571. The van der Waals surface area contributed by atoms with Gasteiger partial charge in [0.1, 0.15) is 5.60 Å². The lowest BCUT2D eigenvalue weighted by atomic mass is 9.86. The van der Waals surface area contributed by atoms with Crippen LogP contribution in [0.25, 0.3) is 0 Å². The van der Waals surface area contributed by atoms with Gasteiger partial charge < -0.3 is 14.9 Å². The predicted octanol–water partition coefficient (Wildman–Crippen LogP) is 5.16. The van der Waals surface area contributed by atoms with Crippen molar-refractivity contribution in [1.29, 1.82) is 0 Å². The SMILES string of the molecule is CCCCC(CCC)(CCCC)OC(=O)c1cccc(C(=O)O)c1C(=O)O. The second kappa shape index (κ2) is 10.7. The third-order valence-electron chi connectivity index (χ3n) is 4.72. The van der Waals surface area contributed by atoms with E-state index in [1.54, 1.807) is 0 Å². The van der Waals surface area contributed by atoms with E-state index in [4.69, 9.17) is 4.74 Å². The molecule has 0 unspecified atom stereocenters. The first-order valence-corrected chi connectivity index (χ1v) is 9.64. The largest absolute Gasteiger partial charge is 0.478 e. The van der Waals surface area contributed by atoms with Gasteiger partial charge in [-0.05, 0) is 44.2 Å². The van der Waals surface area contributed by atoms with Crippen LogP contribution in [0.3, 0.4) is 0 Å². The summed E-state index contributed by atoms with van der Waals surface area (Å²) in [5.74, 6) is -3.61. The van der Waals surface area contributed by atoms with Gasteiger partial charge in [-0.1, -0.05) is 46.1 Å². The van der Waals surface area contributed by atoms with E-state index in [0.717, 1.165) is 32.1 Å². The first-order chi connectivity index (χ1) is 12.8. The Hall–Kier alpha value is -2.37. The Morgan fingerprint density at radius 1 is 0.852 bits per heavy atom. The zero-order valence-corrected chi connectivity index (χ0v) is 16.4. The van der Waals surface area contributed by atoms with Crippen molar-refractivity contribution in [2.24, 2.45) is 0 Å². The summed E-state index contributed by atoms with van der Waals surface area (Å²) in [7, 11) is 0. The summed E-state index contributed by atoms with van der Waals surface area (Å²) < 4.78 is 5.90. The maximum atomic E-state index is 12.9. The van der Waals surface area contributed by atoms with Crippen molar-refractivity contribution in [3.8, 4) is 0 Å². The van der Waals surface area contributed by atoms with Gasteiger partial charge in [0.15, 0.2) is 0 Å². The summed E-state index contributed by atoms with van der Waals surface area (Å²) in [5.41, 5.74) is -1.80. The fourth-order valence-electron chi connectivity index (χ4n) is 3.36. The molecule has 0 amide bonds. The molecule has 6 heteroatoms. The number of unbranched alkanes of at least 4 members (excludes halogenated alkanes) is 2. The molecule has 1 aromatic carbocycles. The molecular weight excluding hydrogens is 348 g/mol. The maximum Gasteiger partial charge on any atom is 0.339 e. The molecule has 1 aromatic rings. The highest BCUT2D eigenvalue weighted by atomic mass is 16.6. The molecule has 0 aliphatic heterocycles. The minimum atomic E-state index is -1.46. The first kappa shape index (κ1) is 22.7. The van der Waals surface area contributed by atoms with Crippen molar-refractivity contribution in [2.75, 3.05) is 0 Å². The lowest BCUT2D eigenvalue weighted by molar-refractivity contribution is -0.0349. The summed E-state index contributed by atoms with van der Waals surface area (Å²) in [6.07, 6.45) is 6.68. The molecule has 2 N–H and O–H groups in total. The minimum absolute atomic E-state index is 0.212. The van der Waals surface area contributed by atoms with Crippen LogP contribution in [-0.4, -0.2) is 33.7 Å². The summed E-state index contributed by atoms with van der Waals surface area (Å²) in [4.78, 5) is 35.9. The first-order valence-electron chi connectivity index (χ1n) is 9.64. The number of carboxylic acid groups (broad SMARTS) is 2. The summed E-state index contributed by atoms with van der Waals surface area (Å²) in [6, 6.07) is 3.86. The molecule has 27 heavy (non-hydrogen) atoms. The quantitative estimate of drug-likeness (QED) is 0.487. The lowest BCUT2D eigenvalue weighted by Gasteiger charge is -2.34. The maximum absolute atomic E-state index is 12.9. The summed E-state index contributed by atoms with van der Waals surface area (Å²) >= 11 is 0. The molecule has 0 fully saturated rings. The van der Waals surface area contributed by atoms with Crippen molar-refractivity contribution in [2.45, 2.75) is 77.7 Å². The third kappa shape index (κ3) is 6.08. The van der Waals surface area contributed by atoms with E-state index in [1.165, 1.54) is 18.2 Å². The molecule has 0 saturated heterocycles. The topological polar surface area (TPSA) is 101 Å². The van der Waals surface area contributed by atoms with Crippen LogP contribution in [0.5, 0.6) is 0 Å². The zero-order valence-electron chi connectivity index (χ0n) is 16.4. The molecule has 0 bridgehead atoms. The molecule has 0 aliphatic rings. The Kier molecular flexibility index (Phi) is 8.98. The van der Waals surface area contributed by atoms with Gasteiger partial charge in [0.25, 0.3) is 0 Å². The number of benzene rings is 1. The van der Waals surface area contributed by atoms with Crippen LogP contribution >= 0.6 is 0 Å². The molecule has 6 nitrogen and oxygen atoms in total. The minimum Gasteiger partial charge on any atom is -0.478 e. The van der Waals surface area contributed by atoms with Crippen molar-refractivity contribution < 1.29 is 29.3 Å². The average molecular weight is 378 g/mol. The number of aromatic carboxylic acids is 2. The van der Waals surface area contributed by atoms with E-state index >= 15 is 0 Å². The predicted molar refractivity (Wildman–Crippen MR) is 102 cm³/mol. The number of carboxylic acids is 2. The van der Waals surface area contributed by atoms with Gasteiger partial charge in [-0.3, -0.25) is 0 Å². The van der Waals surface area contributed by atoms with Crippen molar-refractivity contribution >= 4 is 17.9 Å². The second-order valence-corrected chi connectivity index (χ2v) is 6.87. The van der Waals surface area contributed by atoms with Crippen LogP contribution in [0.4, 0.5) is 0 Å².